The number of halogens is 1. The molecule has 3 saturated heterocycles. The van der Waals surface area contributed by atoms with E-state index in [1.165, 1.54) is 11.8 Å². The number of thioether (sulfide) groups is 1. The minimum absolute atomic E-state index is 0.186. The molecular formula is C20H33ClN2O6S. The van der Waals surface area contributed by atoms with Crippen LogP contribution in [-0.4, -0.2) is 81.7 Å². The monoisotopic (exact) mass is 464 g/mol. The number of nitrogens with one attached hydrogen (secondary N) is 2. The van der Waals surface area contributed by atoms with Crippen molar-refractivity contribution >= 4 is 35.1 Å². The smallest absolute Gasteiger partial charge is 0.237 e. The molecule has 3 aliphatic rings. The number of aliphatic hydroxyl groups excluding tert-OH is 1. The Morgan fingerprint density at radius 1 is 1.37 bits per heavy atom. The van der Waals surface area contributed by atoms with Gasteiger partial charge in [0, 0.05) is 6.42 Å². The number of ether oxygens (including phenoxy) is 2. The molecule has 3 heterocycles. The minimum atomic E-state index is -1.49. The van der Waals surface area contributed by atoms with Crippen LogP contribution in [0.5, 0.6) is 0 Å². The number of fused-ring (bicyclic) bond motifs is 1. The van der Waals surface area contributed by atoms with Gasteiger partial charge in [0.05, 0.1) is 17.5 Å². The first-order valence-electron chi connectivity index (χ1n) is 10.6. The number of ketones is 1. The van der Waals surface area contributed by atoms with E-state index in [9.17, 15) is 19.8 Å². The maximum Gasteiger partial charge on any atom is 0.237 e. The molecule has 30 heavy (non-hydrogen) atoms. The van der Waals surface area contributed by atoms with Crippen molar-refractivity contribution in [1.29, 1.82) is 0 Å². The molecule has 9 atom stereocenters. The lowest BCUT2D eigenvalue weighted by molar-refractivity contribution is -0.150. The summed E-state index contributed by atoms with van der Waals surface area (Å²) in [7, 11) is 0. The van der Waals surface area contributed by atoms with Gasteiger partial charge in [-0.3, -0.25) is 4.79 Å². The van der Waals surface area contributed by atoms with Gasteiger partial charge in [-0.2, -0.15) is 0 Å². The van der Waals surface area contributed by atoms with Crippen molar-refractivity contribution in [3.8, 4) is 0 Å². The number of alkyl halides is 1. The standard InChI is InChI=1S/C20H33ClN2O6S/c1-10(24)4-5-12-6-7-13(22-9-8-12)18(26)23-14(11(2)21)16-15(25)17-20(27,29-17)19(28-16)30-3/h11-17,19,22,25,27H,4-9H2,1-3H3,(H,23,26)/t11-,12?,13-,14+,15?,16+,17?,19?,20-/m0/s1. The van der Waals surface area contributed by atoms with Gasteiger partial charge in [0.15, 0.2) is 5.44 Å². The lowest BCUT2D eigenvalue weighted by Crippen LogP contribution is -2.62. The second-order valence-corrected chi connectivity index (χ2v) is 10.2. The van der Waals surface area contributed by atoms with Crippen LogP contribution in [0.1, 0.15) is 46.0 Å². The molecule has 8 nitrogen and oxygen atoms in total. The van der Waals surface area contributed by atoms with Crippen LogP contribution in [0.15, 0.2) is 0 Å². The molecule has 0 aliphatic carbocycles. The van der Waals surface area contributed by atoms with E-state index >= 15 is 0 Å². The Hall–Kier alpha value is -0.420. The molecule has 4 unspecified atom stereocenters. The van der Waals surface area contributed by atoms with Crippen LogP contribution in [0.25, 0.3) is 0 Å². The summed E-state index contributed by atoms with van der Waals surface area (Å²) in [5.74, 6) is -1.05. The lowest BCUT2D eigenvalue weighted by Gasteiger charge is -2.39. The molecule has 0 aromatic carbocycles. The van der Waals surface area contributed by atoms with E-state index in [-0.39, 0.29) is 17.7 Å². The number of hydrogen-bond acceptors (Lipinski definition) is 8. The summed E-state index contributed by atoms with van der Waals surface area (Å²) in [5.41, 5.74) is -0.663. The highest BCUT2D eigenvalue weighted by Gasteiger charge is 2.70. The Labute approximate surface area is 186 Å². The summed E-state index contributed by atoms with van der Waals surface area (Å²) >= 11 is 7.66. The maximum absolute atomic E-state index is 13.0. The summed E-state index contributed by atoms with van der Waals surface area (Å²) in [6.45, 7) is 4.06. The number of Topliss-reactive ketones (excluding diaryl/α,β-unsaturated/α-hetero) is 1. The van der Waals surface area contributed by atoms with Crippen LogP contribution < -0.4 is 10.6 Å². The van der Waals surface area contributed by atoms with Gasteiger partial charge in [-0.25, -0.2) is 0 Å². The number of aliphatic hydroxyl groups is 2. The quantitative estimate of drug-likeness (QED) is 0.307. The topological polar surface area (TPSA) is 120 Å². The van der Waals surface area contributed by atoms with Crippen molar-refractivity contribution in [3.05, 3.63) is 0 Å². The number of rotatable bonds is 8. The average Bonchev–Trinajstić information content (AvgIpc) is 3.44. The second kappa shape index (κ2) is 10.0. The number of amides is 1. The maximum atomic E-state index is 13.0. The van der Waals surface area contributed by atoms with Crippen molar-refractivity contribution in [1.82, 2.24) is 10.6 Å². The number of carbonyl (C=O) groups is 2. The normalized spacial score (nSPS) is 40.6. The van der Waals surface area contributed by atoms with Gasteiger partial charge in [0.25, 0.3) is 0 Å². The summed E-state index contributed by atoms with van der Waals surface area (Å²) < 4.78 is 11.2. The molecular weight excluding hydrogens is 432 g/mol. The molecule has 4 N–H and O–H groups in total. The number of hydrogen-bond donors (Lipinski definition) is 4. The van der Waals surface area contributed by atoms with Crippen LogP contribution in [0.3, 0.4) is 0 Å². The first kappa shape index (κ1) is 24.2. The Kier molecular flexibility index (Phi) is 8.09. The third kappa shape index (κ3) is 5.31. The second-order valence-electron chi connectivity index (χ2n) is 8.64. The molecule has 0 radical (unpaired) electrons. The van der Waals surface area contributed by atoms with E-state index in [0.29, 0.717) is 25.3 Å². The van der Waals surface area contributed by atoms with Gasteiger partial charge in [-0.05, 0) is 58.2 Å². The van der Waals surface area contributed by atoms with Gasteiger partial charge in [-0.1, -0.05) is 0 Å². The number of epoxide rings is 1. The van der Waals surface area contributed by atoms with Crippen molar-refractivity contribution in [2.24, 2.45) is 5.92 Å². The van der Waals surface area contributed by atoms with Crippen LogP contribution in [0.4, 0.5) is 0 Å². The third-order valence-electron chi connectivity index (χ3n) is 6.33. The van der Waals surface area contributed by atoms with Crippen LogP contribution in [-0.2, 0) is 19.1 Å². The summed E-state index contributed by atoms with van der Waals surface area (Å²) in [6, 6.07) is -1.01. The lowest BCUT2D eigenvalue weighted by atomic mass is 9.93. The largest absolute Gasteiger partial charge is 0.387 e. The highest BCUT2D eigenvalue weighted by atomic mass is 35.5. The van der Waals surface area contributed by atoms with E-state index < -0.39 is 41.0 Å². The Morgan fingerprint density at radius 3 is 2.73 bits per heavy atom. The molecule has 0 aromatic heterocycles. The molecule has 0 aromatic rings. The zero-order chi connectivity index (χ0) is 22.1. The van der Waals surface area contributed by atoms with Gasteiger partial charge in [0.1, 0.15) is 24.1 Å². The Morgan fingerprint density at radius 2 is 2.10 bits per heavy atom. The van der Waals surface area contributed by atoms with E-state index in [1.807, 2.05) is 0 Å². The predicted molar refractivity (Wildman–Crippen MR) is 114 cm³/mol. The van der Waals surface area contributed by atoms with Crippen molar-refractivity contribution in [2.75, 3.05) is 12.8 Å². The third-order valence-corrected chi connectivity index (χ3v) is 7.48. The van der Waals surface area contributed by atoms with Gasteiger partial charge in [-0.15, -0.1) is 23.4 Å². The van der Waals surface area contributed by atoms with Gasteiger partial charge >= 0.3 is 0 Å². The predicted octanol–water partition coefficient (Wildman–Crippen LogP) is 0.762. The molecule has 0 saturated carbocycles. The molecule has 172 valence electrons. The zero-order valence-corrected chi connectivity index (χ0v) is 19.2. The van der Waals surface area contributed by atoms with Crippen LogP contribution >= 0.6 is 23.4 Å². The summed E-state index contributed by atoms with van der Waals surface area (Å²) in [6.07, 6.45) is 3.07. The first-order valence-corrected chi connectivity index (χ1v) is 12.3. The highest BCUT2D eigenvalue weighted by molar-refractivity contribution is 7.99. The molecule has 1 amide bonds. The molecule has 3 fully saturated rings. The van der Waals surface area contributed by atoms with Crippen molar-refractivity contribution < 1.29 is 29.3 Å². The Bertz CT molecular complexity index is 640. The zero-order valence-electron chi connectivity index (χ0n) is 17.7. The molecule has 0 spiro atoms. The number of carbonyl (C=O) groups excluding carboxylic acids is 2. The van der Waals surface area contributed by atoms with Crippen molar-refractivity contribution in [2.45, 2.75) is 92.9 Å². The molecule has 0 bridgehead atoms. The fourth-order valence-corrected chi connectivity index (χ4v) is 5.41. The Balaban J connectivity index is 1.60. The van der Waals surface area contributed by atoms with E-state index in [0.717, 1.165) is 19.3 Å². The van der Waals surface area contributed by atoms with Crippen LogP contribution in [0, 0.1) is 5.92 Å². The SMILES string of the molecule is CSC1O[C@H]([C@H](NC(=O)[C@@H]2CCC(CCC(C)=O)CCN2)[C@H](C)Cl)C(O)C2O[C@]12O. The van der Waals surface area contributed by atoms with Gasteiger partial charge < -0.3 is 35.1 Å². The molecule has 3 aliphatic heterocycles. The van der Waals surface area contributed by atoms with Crippen LogP contribution in [0.2, 0.25) is 0 Å². The van der Waals surface area contributed by atoms with E-state index in [2.05, 4.69) is 10.6 Å². The molecule has 10 heteroatoms. The fourth-order valence-electron chi connectivity index (χ4n) is 4.44. The fraction of sp³-hybridized carbons (Fsp3) is 0.900. The summed E-state index contributed by atoms with van der Waals surface area (Å²) in [5, 5.41) is 26.7. The van der Waals surface area contributed by atoms with E-state index in [4.69, 9.17) is 21.1 Å². The minimum Gasteiger partial charge on any atom is -0.387 e. The van der Waals surface area contributed by atoms with Gasteiger partial charge in [0.2, 0.25) is 11.7 Å². The van der Waals surface area contributed by atoms with Crippen molar-refractivity contribution in [3.63, 3.8) is 0 Å². The molecule has 3 rings (SSSR count). The first-order chi connectivity index (χ1) is 14.2. The van der Waals surface area contributed by atoms with E-state index in [1.54, 1.807) is 20.1 Å². The highest BCUT2D eigenvalue weighted by Crippen LogP contribution is 2.49. The average molecular weight is 465 g/mol. The summed E-state index contributed by atoms with van der Waals surface area (Å²) in [4.78, 5) is 24.2.